The van der Waals surface area contributed by atoms with Crippen molar-refractivity contribution >= 4 is 17.9 Å². The molecule has 1 atom stereocenters. The lowest BCUT2D eigenvalue weighted by atomic mass is 10.0. The molecule has 0 spiro atoms. The Morgan fingerprint density at radius 3 is 0.765 bits per heavy atom. The van der Waals surface area contributed by atoms with E-state index in [0.717, 1.165) is 89.9 Å². The first kappa shape index (κ1) is 78.1. The molecule has 81 heavy (non-hydrogen) atoms. The van der Waals surface area contributed by atoms with Crippen LogP contribution in [0.5, 0.6) is 0 Å². The van der Waals surface area contributed by atoms with Gasteiger partial charge in [0, 0.05) is 19.3 Å². The Hall–Kier alpha value is -2.89. The Kier molecular flexibility index (Phi) is 67.1. The molecule has 0 saturated heterocycles. The third-order valence-corrected chi connectivity index (χ3v) is 16.0. The second kappa shape index (κ2) is 69.6. The van der Waals surface area contributed by atoms with Gasteiger partial charge in [0.25, 0.3) is 0 Å². The molecule has 1 unspecified atom stereocenters. The van der Waals surface area contributed by atoms with Gasteiger partial charge in [-0.05, 0) is 83.5 Å². The van der Waals surface area contributed by atoms with Crippen LogP contribution < -0.4 is 0 Å². The monoisotopic (exact) mass is 1130 g/mol. The molecule has 6 nitrogen and oxygen atoms in total. The topological polar surface area (TPSA) is 78.9 Å². The number of carbonyl (C=O) groups excluding carboxylic acids is 3. The second-order valence-corrected chi connectivity index (χ2v) is 24.1. The smallest absolute Gasteiger partial charge is 0.306 e. The van der Waals surface area contributed by atoms with Crippen LogP contribution in [-0.4, -0.2) is 37.2 Å². The van der Waals surface area contributed by atoms with Crippen LogP contribution in [0.15, 0.2) is 60.8 Å². The zero-order chi connectivity index (χ0) is 58.5. The maximum absolute atomic E-state index is 12.9. The Morgan fingerprint density at radius 2 is 0.481 bits per heavy atom. The molecule has 0 heterocycles. The summed E-state index contributed by atoms with van der Waals surface area (Å²) in [6.07, 6.45) is 89.9. The van der Waals surface area contributed by atoms with E-state index in [1.165, 1.54) is 250 Å². The van der Waals surface area contributed by atoms with Crippen LogP contribution >= 0.6 is 0 Å². The third kappa shape index (κ3) is 67.8. The van der Waals surface area contributed by atoms with Gasteiger partial charge in [0.15, 0.2) is 6.10 Å². The van der Waals surface area contributed by atoms with Crippen LogP contribution in [0.4, 0.5) is 0 Å². The third-order valence-electron chi connectivity index (χ3n) is 16.0. The lowest BCUT2D eigenvalue weighted by Crippen LogP contribution is -2.30. The fourth-order valence-corrected chi connectivity index (χ4v) is 10.7. The van der Waals surface area contributed by atoms with Crippen LogP contribution in [0.25, 0.3) is 0 Å². The summed E-state index contributed by atoms with van der Waals surface area (Å²) in [6.45, 7) is 6.55. The van der Waals surface area contributed by atoms with Crippen LogP contribution in [0, 0.1) is 0 Å². The number of rotatable bonds is 66. The van der Waals surface area contributed by atoms with E-state index in [4.69, 9.17) is 14.2 Å². The quantitative estimate of drug-likeness (QED) is 0.0261. The number of ether oxygens (including phenoxy) is 3. The van der Waals surface area contributed by atoms with Gasteiger partial charge in [-0.3, -0.25) is 14.4 Å². The van der Waals surface area contributed by atoms with E-state index < -0.39 is 6.10 Å². The summed E-state index contributed by atoms with van der Waals surface area (Å²) in [5, 5.41) is 0. The molecule has 0 fully saturated rings. The number of esters is 3. The number of hydrogen-bond donors (Lipinski definition) is 0. The van der Waals surface area contributed by atoms with Crippen molar-refractivity contribution in [1.82, 2.24) is 0 Å². The fourth-order valence-electron chi connectivity index (χ4n) is 10.7. The average molecular weight is 1130 g/mol. The lowest BCUT2D eigenvalue weighted by molar-refractivity contribution is -0.167. The number of hydrogen-bond acceptors (Lipinski definition) is 6. The Bertz CT molecular complexity index is 1440. The van der Waals surface area contributed by atoms with Crippen molar-refractivity contribution in [3.63, 3.8) is 0 Å². The first-order valence-electron chi connectivity index (χ1n) is 35.8. The highest BCUT2D eigenvalue weighted by molar-refractivity contribution is 5.71. The summed E-state index contributed by atoms with van der Waals surface area (Å²) in [4.78, 5) is 38.4. The largest absolute Gasteiger partial charge is 0.462 e. The first-order valence-corrected chi connectivity index (χ1v) is 35.8. The summed E-state index contributed by atoms with van der Waals surface area (Å²) in [5.41, 5.74) is 0. The molecule has 0 saturated carbocycles. The average Bonchev–Trinajstić information content (AvgIpc) is 3.46. The summed E-state index contributed by atoms with van der Waals surface area (Å²) < 4.78 is 16.9. The predicted molar refractivity (Wildman–Crippen MR) is 353 cm³/mol. The van der Waals surface area contributed by atoms with E-state index in [2.05, 4.69) is 81.5 Å². The summed E-state index contributed by atoms with van der Waals surface area (Å²) in [7, 11) is 0. The van der Waals surface area contributed by atoms with Crippen molar-refractivity contribution in [1.29, 1.82) is 0 Å². The molecular weight excluding hydrogens is 997 g/mol. The molecule has 0 aromatic heterocycles. The van der Waals surface area contributed by atoms with E-state index in [1.54, 1.807) is 0 Å². The highest BCUT2D eigenvalue weighted by Gasteiger charge is 2.19. The van der Waals surface area contributed by atoms with Crippen molar-refractivity contribution in [2.24, 2.45) is 0 Å². The molecule has 0 radical (unpaired) electrons. The minimum absolute atomic E-state index is 0.0783. The zero-order valence-corrected chi connectivity index (χ0v) is 54.3. The first-order chi connectivity index (χ1) is 40.0. The molecule has 0 aromatic rings. The maximum Gasteiger partial charge on any atom is 0.306 e. The molecular formula is C75H136O6. The molecule has 0 aliphatic heterocycles. The lowest BCUT2D eigenvalue weighted by Gasteiger charge is -2.18. The zero-order valence-electron chi connectivity index (χ0n) is 54.3. The molecule has 0 aliphatic carbocycles. The number of allylic oxidation sites excluding steroid dienone is 10. The predicted octanol–water partition coefficient (Wildman–Crippen LogP) is 24.7. The molecule has 6 heteroatoms. The minimum atomic E-state index is -0.784. The SMILES string of the molecule is CC/C=C\C/C=C\C/C=C\CCCCCC(=O)OCC(COC(=O)CCCCCCCCCCCCCCCCCCCCCCC/C=C\C/C=C\CCCCCCC)OC(=O)CCCCCCCCCCCCCCCCCCC. The van der Waals surface area contributed by atoms with Gasteiger partial charge >= 0.3 is 17.9 Å². The van der Waals surface area contributed by atoms with Crippen molar-refractivity contribution < 1.29 is 28.6 Å². The standard InChI is InChI=1S/C75H136O6/c1-4-7-10-13-16-19-22-25-27-29-30-31-32-33-34-35-36-37-38-39-40-41-42-43-44-46-47-50-53-56-59-62-65-68-74(77)80-71-72(70-79-73(76)67-64-61-58-55-52-49-24-21-18-15-12-9-6-3)81-75(78)69-66-63-60-57-54-51-48-45-28-26-23-20-17-14-11-8-5-2/h9,12,18,21-22,25,29-30,49,52,72H,4-8,10-11,13-17,19-20,23-24,26-28,31-48,50-51,53-71H2,1-3H3/b12-9-,21-18-,25-22-,30-29-,52-49-. The fraction of sp³-hybridized carbons (Fsp3) is 0.827. The highest BCUT2D eigenvalue weighted by atomic mass is 16.6. The van der Waals surface area contributed by atoms with E-state index in [0.29, 0.717) is 19.3 Å². The summed E-state index contributed by atoms with van der Waals surface area (Å²) >= 11 is 0. The normalized spacial score (nSPS) is 12.4. The van der Waals surface area contributed by atoms with Crippen molar-refractivity contribution in [2.45, 2.75) is 386 Å². The Balaban J connectivity index is 4.12. The molecule has 0 rings (SSSR count). The molecule has 472 valence electrons. The van der Waals surface area contributed by atoms with Gasteiger partial charge in [-0.1, -0.05) is 338 Å². The van der Waals surface area contributed by atoms with Crippen molar-refractivity contribution in [3.05, 3.63) is 60.8 Å². The van der Waals surface area contributed by atoms with E-state index in [9.17, 15) is 14.4 Å². The van der Waals surface area contributed by atoms with Crippen molar-refractivity contribution in [3.8, 4) is 0 Å². The van der Waals surface area contributed by atoms with Gasteiger partial charge in [-0.15, -0.1) is 0 Å². The van der Waals surface area contributed by atoms with Crippen LogP contribution in [-0.2, 0) is 28.6 Å². The van der Waals surface area contributed by atoms with Gasteiger partial charge in [0.1, 0.15) is 13.2 Å². The molecule has 0 aromatic carbocycles. The van der Waals surface area contributed by atoms with E-state index >= 15 is 0 Å². The van der Waals surface area contributed by atoms with Crippen LogP contribution in [0.3, 0.4) is 0 Å². The van der Waals surface area contributed by atoms with Gasteiger partial charge in [0.05, 0.1) is 0 Å². The molecule has 0 N–H and O–H groups in total. The highest BCUT2D eigenvalue weighted by Crippen LogP contribution is 2.18. The van der Waals surface area contributed by atoms with Crippen molar-refractivity contribution in [2.75, 3.05) is 13.2 Å². The van der Waals surface area contributed by atoms with Crippen LogP contribution in [0.2, 0.25) is 0 Å². The van der Waals surface area contributed by atoms with Gasteiger partial charge in [-0.25, -0.2) is 0 Å². The Labute approximate surface area is 504 Å². The van der Waals surface area contributed by atoms with E-state index in [1.807, 2.05) is 0 Å². The van der Waals surface area contributed by atoms with E-state index in [-0.39, 0.29) is 31.1 Å². The molecule has 0 bridgehead atoms. The minimum Gasteiger partial charge on any atom is -0.462 e. The van der Waals surface area contributed by atoms with Gasteiger partial charge in [-0.2, -0.15) is 0 Å². The maximum atomic E-state index is 12.9. The number of unbranched alkanes of at least 4 members (excludes halogenated alkanes) is 45. The van der Waals surface area contributed by atoms with Gasteiger partial charge < -0.3 is 14.2 Å². The summed E-state index contributed by atoms with van der Waals surface area (Å²) in [6, 6.07) is 0. The van der Waals surface area contributed by atoms with Crippen LogP contribution in [0.1, 0.15) is 380 Å². The molecule has 0 aliphatic rings. The summed E-state index contributed by atoms with van der Waals surface area (Å²) in [5.74, 6) is -0.885. The number of carbonyl (C=O) groups is 3. The van der Waals surface area contributed by atoms with Gasteiger partial charge in [0.2, 0.25) is 0 Å². The second-order valence-electron chi connectivity index (χ2n) is 24.1. The molecule has 0 amide bonds. The Morgan fingerprint density at radius 1 is 0.259 bits per heavy atom.